The molecule has 5 rings (SSSR count). The lowest BCUT2D eigenvalue weighted by molar-refractivity contribution is 0.0939. The molecule has 1 amide bonds. The van der Waals surface area contributed by atoms with Crippen molar-refractivity contribution in [2.45, 2.75) is 13.0 Å². The molecule has 1 atom stereocenters. The van der Waals surface area contributed by atoms with Gasteiger partial charge in [0.25, 0.3) is 11.5 Å². The van der Waals surface area contributed by atoms with Crippen molar-refractivity contribution in [3.63, 3.8) is 0 Å². The summed E-state index contributed by atoms with van der Waals surface area (Å²) in [4.78, 5) is 36.8. The van der Waals surface area contributed by atoms with Crippen LogP contribution in [0.3, 0.4) is 0 Å². The molecule has 184 valence electrons. The van der Waals surface area contributed by atoms with E-state index in [4.69, 9.17) is 10.7 Å². The van der Waals surface area contributed by atoms with E-state index >= 15 is 0 Å². The van der Waals surface area contributed by atoms with Crippen LogP contribution in [-0.2, 0) is 0 Å². The number of fused-ring (bicyclic) bond motifs is 1. The number of carbonyl (C=O) groups is 1. The number of amides is 1. The number of rotatable bonds is 5. The molecule has 0 saturated heterocycles. The molecule has 3 aromatic heterocycles. The summed E-state index contributed by atoms with van der Waals surface area (Å²) < 4.78 is 1.50. The Labute approximate surface area is 215 Å². The molecular formula is C26H22N8O2S. The second-order valence-corrected chi connectivity index (χ2v) is 8.95. The van der Waals surface area contributed by atoms with E-state index in [0.717, 1.165) is 4.88 Å². The predicted molar refractivity (Wildman–Crippen MR) is 144 cm³/mol. The van der Waals surface area contributed by atoms with E-state index in [9.17, 15) is 9.59 Å². The molecule has 0 aliphatic heterocycles. The van der Waals surface area contributed by atoms with Gasteiger partial charge in [-0.3, -0.25) is 24.2 Å². The van der Waals surface area contributed by atoms with Gasteiger partial charge in [-0.1, -0.05) is 30.2 Å². The molecule has 0 saturated carbocycles. The number of nitrogens with two attached hydrogens (primary N) is 1. The van der Waals surface area contributed by atoms with Crippen molar-refractivity contribution in [3.05, 3.63) is 92.4 Å². The first-order valence-electron chi connectivity index (χ1n) is 11.3. The second-order valence-electron chi connectivity index (χ2n) is 8.07. The highest BCUT2D eigenvalue weighted by Gasteiger charge is 2.24. The smallest absolute Gasteiger partial charge is 0.267 e. The number of aromatic amines is 1. The van der Waals surface area contributed by atoms with Crippen LogP contribution in [0.2, 0.25) is 0 Å². The standard InChI is InChI=1S/C26H22N8O2S/c1-15(30-25(35)21-22(27)32-33-23(21)28-2)24-31-19-10-6-7-16(11-12-18-13-29-14-37-18)20(19)26(36)34(24)17-8-4-3-5-9-17/h3-10,13-15H,1-2H3,(H,30,35)(H4,27,28,32,33). The molecule has 1 unspecified atom stereocenters. The molecule has 5 aromatic rings. The summed E-state index contributed by atoms with van der Waals surface area (Å²) in [6.07, 6.45) is 1.68. The Morgan fingerprint density at radius 1 is 1.16 bits per heavy atom. The number of hydrogen-bond donors (Lipinski definition) is 4. The predicted octanol–water partition coefficient (Wildman–Crippen LogP) is 3.08. The number of nitrogens with one attached hydrogen (secondary N) is 3. The van der Waals surface area contributed by atoms with E-state index in [1.54, 1.807) is 43.9 Å². The summed E-state index contributed by atoms with van der Waals surface area (Å²) in [5, 5.41) is 12.7. The van der Waals surface area contributed by atoms with Gasteiger partial charge in [-0.2, -0.15) is 5.10 Å². The lowest BCUT2D eigenvalue weighted by Gasteiger charge is -2.20. The molecule has 0 fully saturated rings. The van der Waals surface area contributed by atoms with Crippen LogP contribution < -0.4 is 21.9 Å². The summed E-state index contributed by atoms with van der Waals surface area (Å²) in [6, 6.07) is 13.8. The van der Waals surface area contributed by atoms with E-state index < -0.39 is 11.9 Å². The number of hydrogen-bond acceptors (Lipinski definition) is 8. The minimum Gasteiger partial charge on any atom is -0.383 e. The van der Waals surface area contributed by atoms with Crippen molar-refractivity contribution in [2.24, 2.45) is 0 Å². The van der Waals surface area contributed by atoms with E-state index in [2.05, 4.69) is 37.7 Å². The van der Waals surface area contributed by atoms with Gasteiger partial charge in [0.1, 0.15) is 17.2 Å². The van der Waals surface area contributed by atoms with Crippen LogP contribution in [0.4, 0.5) is 11.6 Å². The molecule has 0 aliphatic rings. The van der Waals surface area contributed by atoms with Gasteiger partial charge in [0.2, 0.25) is 0 Å². The van der Waals surface area contributed by atoms with Gasteiger partial charge < -0.3 is 16.4 Å². The summed E-state index contributed by atoms with van der Waals surface area (Å²) in [5.41, 5.74) is 9.17. The third-order valence-corrected chi connectivity index (χ3v) is 6.37. The lowest BCUT2D eigenvalue weighted by Crippen LogP contribution is -2.33. The molecular weight excluding hydrogens is 488 g/mol. The summed E-state index contributed by atoms with van der Waals surface area (Å²) >= 11 is 1.42. The first-order valence-corrected chi connectivity index (χ1v) is 12.2. The van der Waals surface area contributed by atoms with Gasteiger partial charge >= 0.3 is 0 Å². The zero-order chi connectivity index (χ0) is 25.9. The summed E-state index contributed by atoms with van der Waals surface area (Å²) in [7, 11) is 1.64. The normalized spacial score (nSPS) is 11.5. The van der Waals surface area contributed by atoms with Crippen LogP contribution in [0.25, 0.3) is 16.6 Å². The largest absolute Gasteiger partial charge is 0.383 e. The van der Waals surface area contributed by atoms with Crippen LogP contribution >= 0.6 is 11.3 Å². The van der Waals surface area contributed by atoms with Crippen LogP contribution in [0, 0.1) is 11.8 Å². The SMILES string of the molecule is CNc1n[nH]c(N)c1C(=O)NC(C)c1nc2cccc(C#Cc3cncs3)c2c(=O)n1-c1ccccc1. The van der Waals surface area contributed by atoms with E-state index in [-0.39, 0.29) is 16.9 Å². The first-order chi connectivity index (χ1) is 18.0. The maximum atomic E-state index is 14.0. The molecule has 0 aliphatic carbocycles. The quantitative estimate of drug-likeness (QED) is 0.266. The van der Waals surface area contributed by atoms with E-state index in [1.807, 2.05) is 30.3 Å². The highest BCUT2D eigenvalue weighted by atomic mass is 32.1. The van der Waals surface area contributed by atoms with Gasteiger partial charge in [-0.05, 0) is 37.1 Å². The second kappa shape index (κ2) is 9.96. The maximum absolute atomic E-state index is 14.0. The van der Waals surface area contributed by atoms with Crippen molar-refractivity contribution in [2.75, 3.05) is 18.1 Å². The van der Waals surface area contributed by atoms with Crippen molar-refractivity contribution < 1.29 is 4.79 Å². The fourth-order valence-electron chi connectivity index (χ4n) is 3.97. The number of H-pyrrole nitrogens is 1. The Kier molecular flexibility index (Phi) is 6.40. The molecule has 2 aromatic carbocycles. The first kappa shape index (κ1) is 23.8. The molecule has 0 bridgehead atoms. The summed E-state index contributed by atoms with van der Waals surface area (Å²) in [5.74, 6) is 6.50. The molecule has 10 nitrogen and oxygen atoms in total. The van der Waals surface area contributed by atoms with Gasteiger partial charge in [-0.25, -0.2) is 4.98 Å². The van der Waals surface area contributed by atoms with Gasteiger partial charge in [0.15, 0.2) is 5.82 Å². The highest BCUT2D eigenvalue weighted by molar-refractivity contribution is 7.10. The summed E-state index contributed by atoms with van der Waals surface area (Å²) in [6.45, 7) is 1.76. The topological polar surface area (TPSA) is 144 Å². The molecule has 0 radical (unpaired) electrons. The molecule has 5 N–H and O–H groups in total. The fourth-order valence-corrected chi connectivity index (χ4v) is 4.44. The molecule has 37 heavy (non-hydrogen) atoms. The third kappa shape index (κ3) is 4.53. The number of anilines is 2. The fraction of sp³-hybridized carbons (Fsp3) is 0.115. The van der Waals surface area contributed by atoms with E-state index in [1.165, 1.54) is 15.9 Å². The average molecular weight is 511 g/mol. The Hall–Kier alpha value is -4.95. The van der Waals surface area contributed by atoms with Crippen LogP contribution in [0.5, 0.6) is 0 Å². The van der Waals surface area contributed by atoms with Crippen molar-refractivity contribution in [1.29, 1.82) is 0 Å². The zero-order valence-electron chi connectivity index (χ0n) is 19.9. The number of para-hydroxylation sites is 1. The number of aromatic nitrogens is 5. The highest BCUT2D eigenvalue weighted by Crippen LogP contribution is 2.23. The van der Waals surface area contributed by atoms with Crippen LogP contribution in [-0.4, -0.2) is 37.7 Å². The van der Waals surface area contributed by atoms with Crippen LogP contribution in [0.1, 0.15) is 39.6 Å². The number of benzene rings is 2. The third-order valence-electron chi connectivity index (χ3n) is 5.68. The number of thiazole rings is 1. The zero-order valence-corrected chi connectivity index (χ0v) is 20.8. The van der Waals surface area contributed by atoms with Crippen molar-refractivity contribution in [3.8, 4) is 17.5 Å². The molecule has 0 spiro atoms. The van der Waals surface area contributed by atoms with Crippen molar-refractivity contribution in [1.82, 2.24) is 30.0 Å². The number of carbonyl (C=O) groups excluding carboxylic acids is 1. The van der Waals surface area contributed by atoms with Gasteiger partial charge in [-0.15, -0.1) is 11.3 Å². The Bertz CT molecular complexity index is 1710. The van der Waals surface area contributed by atoms with Gasteiger partial charge in [0, 0.05) is 12.6 Å². The van der Waals surface area contributed by atoms with Gasteiger partial charge in [0.05, 0.1) is 39.2 Å². The Morgan fingerprint density at radius 2 is 1.97 bits per heavy atom. The van der Waals surface area contributed by atoms with Crippen molar-refractivity contribution >= 4 is 39.8 Å². The van der Waals surface area contributed by atoms with Crippen LogP contribution in [0.15, 0.2) is 65.0 Å². The monoisotopic (exact) mass is 510 g/mol. The minimum absolute atomic E-state index is 0.130. The maximum Gasteiger partial charge on any atom is 0.267 e. The molecule has 3 heterocycles. The van der Waals surface area contributed by atoms with E-state index in [0.29, 0.717) is 33.8 Å². The average Bonchev–Trinajstić information content (AvgIpc) is 3.57. The number of nitrogen functional groups attached to an aromatic ring is 1. The Morgan fingerprint density at radius 3 is 2.70 bits per heavy atom. The minimum atomic E-state index is -0.657. The lowest BCUT2D eigenvalue weighted by atomic mass is 10.1. The Balaban J connectivity index is 1.65. The number of nitrogens with zero attached hydrogens (tertiary/aromatic N) is 4. The molecule has 11 heteroatoms.